The van der Waals surface area contributed by atoms with E-state index in [4.69, 9.17) is 10.2 Å². The van der Waals surface area contributed by atoms with Crippen LogP contribution in [0.2, 0.25) is 0 Å². The van der Waals surface area contributed by atoms with Crippen molar-refractivity contribution in [2.24, 2.45) is 0 Å². The van der Waals surface area contributed by atoms with Crippen molar-refractivity contribution in [2.75, 3.05) is 0 Å². The molecule has 0 fully saturated rings. The van der Waals surface area contributed by atoms with E-state index in [0.29, 0.717) is 6.42 Å². The molecule has 0 rings (SSSR count). The van der Waals surface area contributed by atoms with E-state index in [2.05, 4.69) is 0 Å². The Morgan fingerprint density at radius 3 is 2.36 bits per heavy atom. The summed E-state index contributed by atoms with van der Waals surface area (Å²) in [6.07, 6.45) is 6.57. The van der Waals surface area contributed by atoms with E-state index in [1.54, 1.807) is 19.1 Å². The zero-order valence-corrected chi connectivity index (χ0v) is 7.07. The van der Waals surface area contributed by atoms with Gasteiger partial charge in [0.2, 0.25) is 0 Å². The van der Waals surface area contributed by atoms with Gasteiger partial charge < -0.3 is 10.2 Å². The molecule has 64 valence electrons. The van der Waals surface area contributed by atoms with E-state index in [-0.39, 0.29) is 0 Å². The van der Waals surface area contributed by atoms with Gasteiger partial charge in [0.05, 0.1) is 12.2 Å². The molecule has 0 saturated carbocycles. The molecule has 2 nitrogen and oxygen atoms in total. The molecule has 0 aromatic carbocycles. The highest BCUT2D eigenvalue weighted by Gasteiger charge is 2.02. The van der Waals surface area contributed by atoms with Crippen LogP contribution in [0.3, 0.4) is 0 Å². The van der Waals surface area contributed by atoms with Gasteiger partial charge in [0, 0.05) is 6.42 Å². The second-order valence-corrected chi connectivity index (χ2v) is 2.56. The molecule has 0 amide bonds. The summed E-state index contributed by atoms with van der Waals surface area (Å²) in [7, 11) is 0. The molecule has 0 spiro atoms. The van der Waals surface area contributed by atoms with Gasteiger partial charge in [0.15, 0.2) is 0 Å². The molecule has 0 aromatic heterocycles. The standard InChI is InChI=1S/C9H16O2/c1-3-4-5-6-9(11)7-8(2)10/h3-6,8-11H,7H2,1-2H3/b4-3+,6-5+/t8?,9-/m1/s1. The number of aliphatic hydroxyl groups is 2. The van der Waals surface area contributed by atoms with E-state index in [9.17, 15) is 0 Å². The lowest BCUT2D eigenvalue weighted by Crippen LogP contribution is -2.11. The predicted octanol–water partition coefficient (Wildman–Crippen LogP) is 1.25. The molecule has 11 heavy (non-hydrogen) atoms. The van der Waals surface area contributed by atoms with Crippen LogP contribution in [0.4, 0.5) is 0 Å². The third kappa shape index (κ3) is 7.30. The van der Waals surface area contributed by atoms with Crippen molar-refractivity contribution in [1.29, 1.82) is 0 Å². The summed E-state index contributed by atoms with van der Waals surface area (Å²) in [5.74, 6) is 0. The fraction of sp³-hybridized carbons (Fsp3) is 0.556. The van der Waals surface area contributed by atoms with Gasteiger partial charge in [-0.2, -0.15) is 0 Å². The van der Waals surface area contributed by atoms with Crippen molar-refractivity contribution in [2.45, 2.75) is 32.5 Å². The SMILES string of the molecule is C/C=C/C=C/[C@@H](O)CC(C)O. The summed E-state index contributed by atoms with van der Waals surface area (Å²) in [6.45, 7) is 3.57. The third-order valence-corrected chi connectivity index (χ3v) is 1.22. The van der Waals surface area contributed by atoms with Crippen LogP contribution in [0.1, 0.15) is 20.3 Å². The highest BCUT2D eigenvalue weighted by Crippen LogP contribution is 1.98. The summed E-state index contributed by atoms with van der Waals surface area (Å²) in [5.41, 5.74) is 0. The van der Waals surface area contributed by atoms with Crippen molar-refractivity contribution in [3.05, 3.63) is 24.3 Å². The van der Waals surface area contributed by atoms with Crippen LogP contribution in [0, 0.1) is 0 Å². The average Bonchev–Trinajstić information content (AvgIpc) is 1.86. The molecule has 0 aliphatic heterocycles. The second kappa shape index (κ2) is 6.13. The lowest BCUT2D eigenvalue weighted by molar-refractivity contribution is 0.116. The molecule has 2 heteroatoms. The summed E-state index contributed by atoms with van der Waals surface area (Å²) < 4.78 is 0. The van der Waals surface area contributed by atoms with E-state index in [0.717, 1.165) is 0 Å². The Bertz CT molecular complexity index is 136. The zero-order chi connectivity index (χ0) is 8.69. The first-order chi connectivity index (χ1) is 5.16. The van der Waals surface area contributed by atoms with Gasteiger partial charge in [0.1, 0.15) is 0 Å². The van der Waals surface area contributed by atoms with Crippen molar-refractivity contribution in [3.63, 3.8) is 0 Å². The molecule has 0 bridgehead atoms. The van der Waals surface area contributed by atoms with Crippen LogP contribution < -0.4 is 0 Å². The van der Waals surface area contributed by atoms with Crippen LogP contribution in [0.15, 0.2) is 24.3 Å². The molecule has 0 heterocycles. The van der Waals surface area contributed by atoms with E-state index >= 15 is 0 Å². The first-order valence-electron chi connectivity index (χ1n) is 3.82. The average molecular weight is 156 g/mol. The Balaban J connectivity index is 3.59. The fourth-order valence-corrected chi connectivity index (χ4v) is 0.732. The molecule has 0 aromatic rings. The minimum Gasteiger partial charge on any atom is -0.393 e. The molecule has 0 radical (unpaired) electrons. The Kier molecular flexibility index (Phi) is 5.80. The quantitative estimate of drug-likeness (QED) is 0.601. The Labute approximate surface area is 67.9 Å². The van der Waals surface area contributed by atoms with Gasteiger partial charge in [0.25, 0.3) is 0 Å². The van der Waals surface area contributed by atoms with Gasteiger partial charge in [-0.1, -0.05) is 24.3 Å². The van der Waals surface area contributed by atoms with Crippen molar-refractivity contribution in [3.8, 4) is 0 Å². The largest absolute Gasteiger partial charge is 0.393 e. The van der Waals surface area contributed by atoms with Crippen LogP contribution in [-0.2, 0) is 0 Å². The van der Waals surface area contributed by atoms with Crippen molar-refractivity contribution < 1.29 is 10.2 Å². The summed E-state index contributed by atoms with van der Waals surface area (Å²) in [4.78, 5) is 0. The normalized spacial score (nSPS) is 17.8. The highest BCUT2D eigenvalue weighted by molar-refractivity contribution is 5.03. The van der Waals surface area contributed by atoms with Gasteiger partial charge >= 0.3 is 0 Å². The van der Waals surface area contributed by atoms with Gasteiger partial charge in [-0.25, -0.2) is 0 Å². The van der Waals surface area contributed by atoms with Crippen molar-refractivity contribution in [1.82, 2.24) is 0 Å². The smallest absolute Gasteiger partial charge is 0.0748 e. The topological polar surface area (TPSA) is 40.5 Å². The van der Waals surface area contributed by atoms with Gasteiger partial charge in [-0.05, 0) is 13.8 Å². The Morgan fingerprint density at radius 1 is 1.27 bits per heavy atom. The maximum Gasteiger partial charge on any atom is 0.0748 e. The van der Waals surface area contributed by atoms with E-state index in [1.807, 2.05) is 19.1 Å². The van der Waals surface area contributed by atoms with Crippen molar-refractivity contribution >= 4 is 0 Å². The Morgan fingerprint density at radius 2 is 1.91 bits per heavy atom. The lowest BCUT2D eigenvalue weighted by Gasteiger charge is -2.06. The minimum absolute atomic E-state index is 0.397. The molecule has 0 aliphatic carbocycles. The maximum atomic E-state index is 9.17. The van der Waals surface area contributed by atoms with Crippen LogP contribution >= 0.6 is 0 Å². The van der Waals surface area contributed by atoms with Crippen LogP contribution in [-0.4, -0.2) is 22.4 Å². The molecular weight excluding hydrogens is 140 g/mol. The maximum absolute atomic E-state index is 9.17. The number of allylic oxidation sites excluding steroid dienone is 3. The number of aliphatic hydroxyl groups excluding tert-OH is 2. The molecular formula is C9H16O2. The third-order valence-electron chi connectivity index (χ3n) is 1.22. The van der Waals surface area contributed by atoms with E-state index in [1.165, 1.54) is 0 Å². The molecule has 2 N–H and O–H groups in total. The fourth-order valence-electron chi connectivity index (χ4n) is 0.732. The van der Waals surface area contributed by atoms with E-state index < -0.39 is 12.2 Å². The zero-order valence-electron chi connectivity index (χ0n) is 7.07. The minimum atomic E-state index is -0.536. The Hall–Kier alpha value is -0.600. The number of hydrogen-bond acceptors (Lipinski definition) is 2. The van der Waals surface area contributed by atoms with Gasteiger partial charge in [-0.15, -0.1) is 0 Å². The molecule has 1 unspecified atom stereocenters. The molecule has 0 saturated heterocycles. The van der Waals surface area contributed by atoms with Gasteiger partial charge in [-0.3, -0.25) is 0 Å². The number of rotatable bonds is 4. The molecule has 2 atom stereocenters. The first-order valence-corrected chi connectivity index (χ1v) is 3.82. The summed E-state index contributed by atoms with van der Waals surface area (Å²) >= 11 is 0. The molecule has 0 aliphatic rings. The first kappa shape index (κ1) is 10.4. The predicted molar refractivity (Wildman–Crippen MR) is 46.3 cm³/mol. The summed E-state index contributed by atoms with van der Waals surface area (Å²) in [5, 5.41) is 18.0. The number of hydrogen-bond donors (Lipinski definition) is 2. The second-order valence-electron chi connectivity index (χ2n) is 2.56. The van der Waals surface area contributed by atoms with Crippen LogP contribution in [0.25, 0.3) is 0 Å². The lowest BCUT2D eigenvalue weighted by atomic mass is 10.1. The monoisotopic (exact) mass is 156 g/mol. The highest BCUT2D eigenvalue weighted by atomic mass is 16.3. The van der Waals surface area contributed by atoms with Crippen LogP contribution in [0.5, 0.6) is 0 Å². The summed E-state index contributed by atoms with van der Waals surface area (Å²) in [6, 6.07) is 0.